The first-order chi connectivity index (χ1) is 7.51. The number of methoxy groups -OCH3 is 1. The number of ether oxygens (including phenoxy) is 1. The molecule has 16 heavy (non-hydrogen) atoms. The summed E-state index contributed by atoms with van der Waals surface area (Å²) in [7, 11) is 1.35. The van der Waals surface area contributed by atoms with Gasteiger partial charge < -0.3 is 10.1 Å². The van der Waals surface area contributed by atoms with E-state index >= 15 is 0 Å². The molecule has 1 N–H and O–H groups in total. The molecule has 0 heterocycles. The van der Waals surface area contributed by atoms with Gasteiger partial charge in [-0.25, -0.2) is 4.79 Å². The van der Waals surface area contributed by atoms with Crippen molar-refractivity contribution in [3.05, 3.63) is 0 Å². The molecule has 0 aromatic heterocycles. The molecular formula is C12H21NO3. The van der Waals surface area contributed by atoms with Crippen molar-refractivity contribution in [2.24, 2.45) is 5.92 Å². The highest BCUT2D eigenvalue weighted by molar-refractivity contribution is 5.87. The summed E-state index contributed by atoms with van der Waals surface area (Å²) in [5, 5.41) is 2.80. The predicted molar refractivity (Wildman–Crippen MR) is 60.8 cm³/mol. The quantitative estimate of drug-likeness (QED) is 0.702. The molecule has 1 aliphatic rings. The van der Waals surface area contributed by atoms with E-state index in [1.54, 1.807) is 6.92 Å². The highest BCUT2D eigenvalue weighted by atomic mass is 16.5. The van der Waals surface area contributed by atoms with Gasteiger partial charge in [0.05, 0.1) is 7.11 Å². The zero-order chi connectivity index (χ0) is 12.2. The number of hydrogen-bond donors (Lipinski definition) is 1. The highest BCUT2D eigenvalue weighted by Crippen LogP contribution is 2.32. The monoisotopic (exact) mass is 227 g/mol. The molecule has 1 fully saturated rings. The largest absolute Gasteiger partial charge is 0.467 e. The second-order valence-corrected chi connectivity index (χ2v) is 4.77. The molecule has 1 saturated carbocycles. The Bertz CT molecular complexity index is 273. The molecule has 0 aromatic carbocycles. The van der Waals surface area contributed by atoms with Crippen LogP contribution in [0.25, 0.3) is 0 Å². The average Bonchev–Trinajstić information content (AvgIpc) is 3.00. The third-order valence-electron chi connectivity index (χ3n) is 2.97. The molecule has 4 heteroatoms. The second kappa shape index (κ2) is 5.32. The van der Waals surface area contributed by atoms with E-state index in [9.17, 15) is 9.59 Å². The summed E-state index contributed by atoms with van der Waals surface area (Å²) in [6.07, 6.45) is 4.24. The average molecular weight is 227 g/mol. The minimum atomic E-state index is -0.866. The fourth-order valence-corrected chi connectivity index (χ4v) is 1.88. The Kier molecular flexibility index (Phi) is 4.33. The van der Waals surface area contributed by atoms with E-state index in [2.05, 4.69) is 5.32 Å². The smallest absolute Gasteiger partial charge is 0.331 e. The Balaban J connectivity index is 2.53. The van der Waals surface area contributed by atoms with Gasteiger partial charge in [0, 0.05) is 6.42 Å². The number of hydrogen-bond acceptors (Lipinski definition) is 3. The summed E-state index contributed by atoms with van der Waals surface area (Å²) in [6, 6.07) is 0. The number of carbonyl (C=O) groups is 2. The minimum absolute atomic E-state index is 0.0381. The van der Waals surface area contributed by atoms with E-state index in [-0.39, 0.29) is 11.9 Å². The molecule has 1 unspecified atom stereocenters. The molecule has 4 nitrogen and oxygen atoms in total. The van der Waals surface area contributed by atoms with Crippen molar-refractivity contribution in [1.82, 2.24) is 5.32 Å². The van der Waals surface area contributed by atoms with Crippen molar-refractivity contribution in [3.63, 3.8) is 0 Å². The van der Waals surface area contributed by atoms with Gasteiger partial charge in [0.15, 0.2) is 0 Å². The number of esters is 1. The first kappa shape index (κ1) is 13.0. The zero-order valence-electron chi connectivity index (χ0n) is 10.3. The van der Waals surface area contributed by atoms with Crippen LogP contribution in [0, 0.1) is 5.92 Å². The maximum atomic E-state index is 11.7. The van der Waals surface area contributed by atoms with Gasteiger partial charge in [-0.05, 0) is 32.1 Å². The van der Waals surface area contributed by atoms with Crippen LogP contribution in [-0.2, 0) is 14.3 Å². The lowest BCUT2D eigenvalue weighted by molar-refractivity contribution is -0.150. The van der Waals surface area contributed by atoms with Gasteiger partial charge in [-0.2, -0.15) is 0 Å². The molecule has 0 spiro atoms. The van der Waals surface area contributed by atoms with E-state index in [1.165, 1.54) is 7.11 Å². The van der Waals surface area contributed by atoms with Gasteiger partial charge in [0.2, 0.25) is 5.91 Å². The number of nitrogens with one attached hydrogen (secondary N) is 1. The van der Waals surface area contributed by atoms with Gasteiger partial charge in [0.1, 0.15) is 5.54 Å². The molecule has 0 aromatic rings. The summed E-state index contributed by atoms with van der Waals surface area (Å²) in [4.78, 5) is 23.3. The van der Waals surface area contributed by atoms with Crippen LogP contribution >= 0.6 is 0 Å². The molecule has 0 saturated heterocycles. The Morgan fingerprint density at radius 1 is 1.44 bits per heavy atom. The third kappa shape index (κ3) is 3.51. The topological polar surface area (TPSA) is 55.4 Å². The van der Waals surface area contributed by atoms with Crippen LogP contribution in [0.2, 0.25) is 0 Å². The zero-order valence-corrected chi connectivity index (χ0v) is 10.3. The van der Waals surface area contributed by atoms with Crippen molar-refractivity contribution >= 4 is 11.9 Å². The second-order valence-electron chi connectivity index (χ2n) is 4.77. The summed E-state index contributed by atoms with van der Waals surface area (Å²) >= 11 is 0. The Morgan fingerprint density at radius 2 is 2.06 bits per heavy atom. The predicted octanol–water partition coefficient (Wildman–Crippen LogP) is 1.63. The van der Waals surface area contributed by atoms with Crippen LogP contribution in [0.3, 0.4) is 0 Å². The molecule has 1 amide bonds. The summed E-state index contributed by atoms with van der Waals surface area (Å²) in [6.45, 7) is 3.71. The lowest BCUT2D eigenvalue weighted by atomic mass is 9.96. The minimum Gasteiger partial charge on any atom is -0.467 e. The van der Waals surface area contributed by atoms with Crippen LogP contribution in [-0.4, -0.2) is 24.5 Å². The molecule has 92 valence electrons. The van der Waals surface area contributed by atoms with E-state index in [0.717, 1.165) is 19.3 Å². The van der Waals surface area contributed by atoms with Crippen molar-refractivity contribution < 1.29 is 14.3 Å². The van der Waals surface area contributed by atoms with Crippen molar-refractivity contribution in [2.75, 3.05) is 7.11 Å². The van der Waals surface area contributed by atoms with Gasteiger partial charge in [0.25, 0.3) is 0 Å². The van der Waals surface area contributed by atoms with Gasteiger partial charge in [-0.15, -0.1) is 0 Å². The van der Waals surface area contributed by atoms with Crippen LogP contribution < -0.4 is 5.32 Å². The molecule has 1 rings (SSSR count). The van der Waals surface area contributed by atoms with Crippen LogP contribution in [0.5, 0.6) is 0 Å². The van der Waals surface area contributed by atoms with Crippen molar-refractivity contribution in [2.45, 2.75) is 51.5 Å². The number of carbonyl (C=O) groups excluding carboxylic acids is 2. The fraction of sp³-hybridized carbons (Fsp3) is 0.833. The first-order valence-corrected chi connectivity index (χ1v) is 5.91. The van der Waals surface area contributed by atoms with Gasteiger partial charge >= 0.3 is 5.97 Å². The summed E-state index contributed by atoms with van der Waals surface area (Å²) < 4.78 is 4.74. The lowest BCUT2D eigenvalue weighted by Gasteiger charge is -2.27. The van der Waals surface area contributed by atoms with Crippen LogP contribution in [0.15, 0.2) is 0 Å². The van der Waals surface area contributed by atoms with Gasteiger partial charge in [-0.1, -0.05) is 13.3 Å². The number of rotatable bonds is 6. The van der Waals surface area contributed by atoms with E-state index in [4.69, 9.17) is 4.74 Å². The summed E-state index contributed by atoms with van der Waals surface area (Å²) in [5.74, 6) is 0.130. The first-order valence-electron chi connectivity index (χ1n) is 5.91. The Morgan fingerprint density at radius 3 is 2.50 bits per heavy atom. The molecular weight excluding hydrogens is 206 g/mol. The normalized spacial score (nSPS) is 18.7. The molecule has 0 radical (unpaired) electrons. The molecule has 0 bridgehead atoms. The fourth-order valence-electron chi connectivity index (χ4n) is 1.88. The SMILES string of the molecule is CCCC(C)(NC(=O)CC1CC1)C(=O)OC. The standard InChI is InChI=1S/C12H21NO3/c1-4-7-12(2,11(15)16-3)13-10(14)8-9-5-6-9/h9H,4-8H2,1-3H3,(H,13,14). The van der Waals surface area contributed by atoms with E-state index < -0.39 is 5.54 Å². The lowest BCUT2D eigenvalue weighted by Crippen LogP contribution is -2.52. The van der Waals surface area contributed by atoms with Crippen molar-refractivity contribution in [3.8, 4) is 0 Å². The molecule has 1 atom stereocenters. The highest BCUT2D eigenvalue weighted by Gasteiger charge is 2.36. The number of amides is 1. The van der Waals surface area contributed by atoms with Crippen LogP contribution in [0.1, 0.15) is 46.0 Å². The van der Waals surface area contributed by atoms with Gasteiger partial charge in [-0.3, -0.25) is 4.79 Å². The van der Waals surface area contributed by atoms with Crippen molar-refractivity contribution in [1.29, 1.82) is 0 Å². The third-order valence-corrected chi connectivity index (χ3v) is 2.97. The van der Waals surface area contributed by atoms with E-state index in [1.807, 2.05) is 6.92 Å². The molecule has 0 aliphatic heterocycles. The van der Waals surface area contributed by atoms with Crippen LogP contribution in [0.4, 0.5) is 0 Å². The van der Waals surface area contributed by atoms with E-state index in [0.29, 0.717) is 18.8 Å². The maximum Gasteiger partial charge on any atom is 0.331 e. The maximum absolute atomic E-state index is 11.7. The summed E-state index contributed by atoms with van der Waals surface area (Å²) in [5.41, 5.74) is -0.866. The molecule has 1 aliphatic carbocycles. The Hall–Kier alpha value is -1.06. The Labute approximate surface area is 96.7 Å².